The Kier molecular flexibility index (Phi) is 5.14. The van der Waals surface area contributed by atoms with Crippen LogP contribution in [0.2, 0.25) is 0 Å². The molecule has 2 heterocycles. The van der Waals surface area contributed by atoms with Crippen LogP contribution >= 0.6 is 0 Å². The minimum atomic E-state index is 0.283. The van der Waals surface area contributed by atoms with E-state index >= 15 is 0 Å². The number of morpholine rings is 1. The molecule has 0 aliphatic carbocycles. The van der Waals surface area contributed by atoms with Crippen molar-refractivity contribution in [2.75, 3.05) is 38.3 Å². The lowest BCUT2D eigenvalue weighted by molar-refractivity contribution is 0.0927. The summed E-state index contributed by atoms with van der Waals surface area (Å²) in [6, 6.07) is 2.63. The highest BCUT2D eigenvalue weighted by Gasteiger charge is 2.25. The summed E-state index contributed by atoms with van der Waals surface area (Å²) < 4.78 is 10.8. The number of rotatable bonds is 5. The molecule has 0 saturated carbocycles. The number of hydrogen-bond acceptors (Lipinski definition) is 6. The van der Waals surface area contributed by atoms with Crippen LogP contribution in [0.5, 0.6) is 5.88 Å². The molecule has 0 bridgehead atoms. The van der Waals surface area contributed by atoms with Gasteiger partial charge in [0.15, 0.2) is 0 Å². The number of aromatic nitrogens is 2. The Labute approximate surface area is 120 Å². The Hall–Kier alpha value is -1.40. The third-order valence-electron chi connectivity index (χ3n) is 3.29. The Morgan fingerprint density at radius 3 is 3.00 bits per heavy atom. The fourth-order valence-electron chi connectivity index (χ4n) is 2.27. The van der Waals surface area contributed by atoms with Gasteiger partial charge in [0.05, 0.1) is 26.4 Å². The molecule has 1 saturated heterocycles. The van der Waals surface area contributed by atoms with E-state index in [9.17, 15) is 0 Å². The molecule has 6 nitrogen and oxygen atoms in total. The summed E-state index contributed by atoms with van der Waals surface area (Å²) in [7, 11) is 1.63. The molecular formula is C14H24N4O2. The van der Waals surface area contributed by atoms with E-state index < -0.39 is 0 Å². The van der Waals surface area contributed by atoms with Crippen molar-refractivity contribution in [2.45, 2.75) is 32.9 Å². The summed E-state index contributed by atoms with van der Waals surface area (Å²) in [6.45, 7) is 9.33. The van der Waals surface area contributed by atoms with Gasteiger partial charge in [-0.2, -0.15) is 4.98 Å². The second-order valence-electron chi connectivity index (χ2n) is 5.30. The molecule has 1 fully saturated rings. The van der Waals surface area contributed by atoms with Crippen molar-refractivity contribution in [3.63, 3.8) is 0 Å². The van der Waals surface area contributed by atoms with E-state index in [1.807, 2.05) is 13.0 Å². The third-order valence-corrected chi connectivity index (χ3v) is 3.29. The lowest BCUT2D eigenvalue weighted by atomic mass is 10.2. The lowest BCUT2D eigenvalue weighted by Gasteiger charge is -2.37. The number of ether oxygens (including phenoxy) is 2. The highest BCUT2D eigenvalue weighted by molar-refractivity contribution is 5.43. The molecule has 1 atom stereocenters. The maximum Gasteiger partial charge on any atom is 0.218 e. The van der Waals surface area contributed by atoms with Crippen molar-refractivity contribution in [2.24, 2.45) is 0 Å². The van der Waals surface area contributed by atoms with Gasteiger partial charge < -0.3 is 19.7 Å². The summed E-state index contributed by atoms with van der Waals surface area (Å²) >= 11 is 0. The summed E-state index contributed by atoms with van der Waals surface area (Å²) in [5, 5.41) is 3.46. The van der Waals surface area contributed by atoms with Crippen LogP contribution in [-0.4, -0.2) is 55.5 Å². The SMILES string of the molecule is COc1cc(N2CCOCC2CNC(C)C)nc(C)n1. The number of anilines is 1. The van der Waals surface area contributed by atoms with Crippen LogP contribution in [-0.2, 0) is 4.74 Å². The van der Waals surface area contributed by atoms with Gasteiger partial charge in [0.2, 0.25) is 5.88 Å². The number of hydrogen-bond donors (Lipinski definition) is 1. The Balaban J connectivity index is 2.16. The van der Waals surface area contributed by atoms with Crippen molar-refractivity contribution >= 4 is 5.82 Å². The van der Waals surface area contributed by atoms with Gasteiger partial charge in [0.1, 0.15) is 11.6 Å². The number of nitrogens with zero attached hydrogens (tertiary/aromatic N) is 3. The molecule has 1 unspecified atom stereocenters. The standard InChI is InChI=1S/C14H24N4O2/c1-10(2)15-8-12-9-20-6-5-18(12)13-7-14(19-4)17-11(3)16-13/h7,10,12,15H,5-6,8-9H2,1-4H3. The molecule has 1 aliphatic heterocycles. The second kappa shape index (κ2) is 6.85. The van der Waals surface area contributed by atoms with Crippen LogP contribution in [0.3, 0.4) is 0 Å². The van der Waals surface area contributed by atoms with Crippen molar-refractivity contribution in [3.8, 4) is 5.88 Å². The predicted octanol–water partition coefficient (Wildman–Crippen LogP) is 0.997. The third kappa shape index (κ3) is 3.80. The van der Waals surface area contributed by atoms with Gasteiger partial charge in [-0.1, -0.05) is 13.8 Å². The summed E-state index contributed by atoms with van der Waals surface area (Å²) in [5.74, 6) is 2.24. The first-order valence-electron chi connectivity index (χ1n) is 7.07. The lowest BCUT2D eigenvalue weighted by Crippen LogP contribution is -2.51. The molecule has 2 rings (SSSR count). The highest BCUT2D eigenvalue weighted by Crippen LogP contribution is 2.21. The van der Waals surface area contributed by atoms with Crippen molar-refractivity contribution in [3.05, 3.63) is 11.9 Å². The molecule has 1 aliphatic rings. The fourth-order valence-corrected chi connectivity index (χ4v) is 2.27. The second-order valence-corrected chi connectivity index (χ2v) is 5.30. The van der Waals surface area contributed by atoms with Crippen LogP contribution in [0.4, 0.5) is 5.82 Å². The zero-order valence-electron chi connectivity index (χ0n) is 12.7. The molecule has 20 heavy (non-hydrogen) atoms. The molecular weight excluding hydrogens is 256 g/mol. The predicted molar refractivity (Wildman–Crippen MR) is 78.4 cm³/mol. The fraction of sp³-hybridized carbons (Fsp3) is 0.714. The van der Waals surface area contributed by atoms with Crippen LogP contribution in [0.1, 0.15) is 19.7 Å². The van der Waals surface area contributed by atoms with Crippen molar-refractivity contribution < 1.29 is 9.47 Å². The van der Waals surface area contributed by atoms with Crippen LogP contribution in [0.15, 0.2) is 6.07 Å². The van der Waals surface area contributed by atoms with Gasteiger partial charge >= 0.3 is 0 Å². The maximum atomic E-state index is 5.60. The molecule has 0 radical (unpaired) electrons. The average Bonchev–Trinajstić information content (AvgIpc) is 2.44. The molecule has 0 spiro atoms. The van der Waals surface area contributed by atoms with Gasteiger partial charge in [-0.05, 0) is 6.92 Å². The largest absolute Gasteiger partial charge is 0.481 e. The molecule has 0 aromatic carbocycles. The van der Waals surface area contributed by atoms with E-state index in [0.717, 1.165) is 31.3 Å². The monoisotopic (exact) mass is 280 g/mol. The smallest absolute Gasteiger partial charge is 0.218 e. The Morgan fingerprint density at radius 2 is 2.30 bits per heavy atom. The highest BCUT2D eigenvalue weighted by atomic mass is 16.5. The zero-order valence-corrected chi connectivity index (χ0v) is 12.7. The minimum Gasteiger partial charge on any atom is -0.481 e. The van der Waals surface area contributed by atoms with Gasteiger partial charge in [0, 0.05) is 25.2 Å². The van der Waals surface area contributed by atoms with E-state index in [1.165, 1.54) is 0 Å². The Bertz CT molecular complexity index is 439. The van der Waals surface area contributed by atoms with E-state index in [4.69, 9.17) is 9.47 Å². The first-order chi connectivity index (χ1) is 9.60. The van der Waals surface area contributed by atoms with Crippen LogP contribution in [0, 0.1) is 6.92 Å². The summed E-state index contributed by atoms with van der Waals surface area (Å²) in [4.78, 5) is 11.0. The maximum absolute atomic E-state index is 5.60. The molecule has 112 valence electrons. The van der Waals surface area contributed by atoms with Gasteiger partial charge in [-0.3, -0.25) is 0 Å². The first-order valence-corrected chi connectivity index (χ1v) is 7.07. The van der Waals surface area contributed by atoms with Gasteiger partial charge in [0.25, 0.3) is 0 Å². The first kappa shape index (κ1) is 15.0. The van der Waals surface area contributed by atoms with E-state index in [0.29, 0.717) is 18.5 Å². The quantitative estimate of drug-likeness (QED) is 0.868. The van der Waals surface area contributed by atoms with Gasteiger partial charge in [-0.15, -0.1) is 0 Å². The van der Waals surface area contributed by atoms with Crippen LogP contribution < -0.4 is 15.0 Å². The average molecular weight is 280 g/mol. The van der Waals surface area contributed by atoms with E-state index in [1.54, 1.807) is 7.11 Å². The zero-order chi connectivity index (χ0) is 14.5. The van der Waals surface area contributed by atoms with Crippen LogP contribution in [0.25, 0.3) is 0 Å². The number of nitrogens with one attached hydrogen (secondary N) is 1. The van der Waals surface area contributed by atoms with Crippen molar-refractivity contribution in [1.29, 1.82) is 0 Å². The van der Waals surface area contributed by atoms with Gasteiger partial charge in [-0.25, -0.2) is 4.98 Å². The number of aryl methyl sites for hydroxylation is 1. The summed E-state index contributed by atoms with van der Waals surface area (Å²) in [5.41, 5.74) is 0. The molecule has 1 aromatic rings. The topological polar surface area (TPSA) is 59.5 Å². The summed E-state index contributed by atoms with van der Waals surface area (Å²) in [6.07, 6.45) is 0. The number of methoxy groups -OCH3 is 1. The normalized spacial score (nSPS) is 19.4. The molecule has 1 N–H and O–H groups in total. The van der Waals surface area contributed by atoms with E-state index in [2.05, 4.69) is 34.0 Å². The Morgan fingerprint density at radius 1 is 1.50 bits per heavy atom. The van der Waals surface area contributed by atoms with Crippen molar-refractivity contribution in [1.82, 2.24) is 15.3 Å². The van der Waals surface area contributed by atoms with E-state index in [-0.39, 0.29) is 6.04 Å². The minimum absolute atomic E-state index is 0.283. The molecule has 1 aromatic heterocycles. The molecule has 0 amide bonds. The molecule has 6 heteroatoms.